The molecule has 18 heavy (non-hydrogen) atoms. The van der Waals surface area contributed by atoms with Gasteiger partial charge in [0.05, 0.1) is 0 Å². The third-order valence-electron chi connectivity index (χ3n) is 2.54. The molecule has 0 amide bonds. The first-order valence-corrected chi connectivity index (χ1v) is 7.47. The number of nitrogens with zero attached hydrogens (tertiary/aromatic N) is 1. The summed E-state index contributed by atoms with van der Waals surface area (Å²) in [6, 6.07) is 9.61. The molecule has 1 aromatic carbocycles. The van der Waals surface area contributed by atoms with Crippen LogP contribution in [0.3, 0.4) is 0 Å². The van der Waals surface area contributed by atoms with E-state index in [4.69, 9.17) is 0 Å². The van der Waals surface area contributed by atoms with Crippen molar-refractivity contribution in [1.82, 2.24) is 4.98 Å². The van der Waals surface area contributed by atoms with Gasteiger partial charge in [-0.3, -0.25) is 9.78 Å². The van der Waals surface area contributed by atoms with Gasteiger partial charge in [0.2, 0.25) is 0 Å². The van der Waals surface area contributed by atoms with Crippen molar-refractivity contribution in [1.29, 1.82) is 0 Å². The third-order valence-corrected chi connectivity index (χ3v) is 3.72. The number of rotatable bonds is 4. The third kappa shape index (κ3) is 3.43. The fourth-order valence-corrected chi connectivity index (χ4v) is 2.44. The number of carbonyl (C=O) groups is 1. The molecule has 0 N–H and O–H groups in total. The van der Waals surface area contributed by atoms with Crippen LogP contribution in [0.25, 0.3) is 0 Å². The minimum atomic E-state index is 0.113. The minimum Gasteiger partial charge on any atom is -0.294 e. The Balaban J connectivity index is 2.11. The largest absolute Gasteiger partial charge is 0.294 e. The van der Waals surface area contributed by atoms with E-state index in [1.165, 1.54) is 0 Å². The van der Waals surface area contributed by atoms with Crippen molar-refractivity contribution in [2.45, 2.75) is 11.3 Å². The summed E-state index contributed by atoms with van der Waals surface area (Å²) in [6.07, 6.45) is 5.83. The molecule has 0 bridgehead atoms. The maximum absolute atomic E-state index is 12.1. The number of hydrogen-bond donors (Lipinski definition) is 0. The maximum Gasteiger partial charge on any atom is 0.167 e. The fraction of sp³-hybridized carbons (Fsp3) is 0.143. The molecule has 2 rings (SSSR count). The van der Waals surface area contributed by atoms with Crippen LogP contribution in [0.1, 0.15) is 15.9 Å². The fourth-order valence-electron chi connectivity index (χ4n) is 1.62. The number of thioether (sulfide) groups is 1. The van der Waals surface area contributed by atoms with Gasteiger partial charge in [-0.25, -0.2) is 0 Å². The molecule has 4 heteroatoms. The molecule has 0 aliphatic rings. The predicted molar refractivity (Wildman–Crippen MR) is 78.2 cm³/mol. The highest BCUT2D eigenvalue weighted by Gasteiger charge is 2.07. The second kappa shape index (κ2) is 6.16. The van der Waals surface area contributed by atoms with E-state index in [-0.39, 0.29) is 5.78 Å². The van der Waals surface area contributed by atoms with Crippen LogP contribution in [0.5, 0.6) is 0 Å². The highest BCUT2D eigenvalue weighted by Crippen LogP contribution is 2.17. The van der Waals surface area contributed by atoms with Crippen molar-refractivity contribution in [2.24, 2.45) is 0 Å². The molecule has 1 heterocycles. The van der Waals surface area contributed by atoms with Crippen molar-refractivity contribution < 1.29 is 4.79 Å². The standard InChI is InChI=1S/C14H12BrNOS/c1-18-13-4-2-11(3-5-13)14(17)7-10-6-12(15)9-16-8-10/h2-6,8-9H,7H2,1H3. The Morgan fingerprint density at radius 3 is 2.61 bits per heavy atom. The summed E-state index contributed by atoms with van der Waals surface area (Å²) in [5, 5.41) is 0. The molecule has 0 fully saturated rings. The topological polar surface area (TPSA) is 30.0 Å². The highest BCUT2D eigenvalue weighted by atomic mass is 79.9. The van der Waals surface area contributed by atoms with E-state index in [1.54, 1.807) is 24.2 Å². The molecule has 0 saturated heterocycles. The smallest absolute Gasteiger partial charge is 0.167 e. The van der Waals surface area contributed by atoms with Gasteiger partial charge in [0, 0.05) is 33.7 Å². The summed E-state index contributed by atoms with van der Waals surface area (Å²) in [6.45, 7) is 0. The second-order valence-corrected chi connectivity index (χ2v) is 5.64. The number of ketones is 1. The lowest BCUT2D eigenvalue weighted by Gasteiger charge is -2.03. The second-order valence-electron chi connectivity index (χ2n) is 3.84. The summed E-state index contributed by atoms with van der Waals surface area (Å²) in [7, 11) is 0. The first kappa shape index (κ1) is 13.3. The lowest BCUT2D eigenvalue weighted by molar-refractivity contribution is 0.0993. The normalized spacial score (nSPS) is 10.3. The Morgan fingerprint density at radius 1 is 1.28 bits per heavy atom. The first-order valence-electron chi connectivity index (χ1n) is 5.46. The summed E-state index contributed by atoms with van der Waals surface area (Å²) in [5.41, 5.74) is 1.66. The highest BCUT2D eigenvalue weighted by molar-refractivity contribution is 9.10. The van der Waals surface area contributed by atoms with Gasteiger partial charge in [-0.1, -0.05) is 12.1 Å². The molecule has 2 nitrogen and oxygen atoms in total. The zero-order valence-electron chi connectivity index (χ0n) is 9.89. The molecule has 0 aliphatic carbocycles. The lowest BCUT2D eigenvalue weighted by atomic mass is 10.0. The molecule has 0 atom stereocenters. The average molecular weight is 322 g/mol. The molecular weight excluding hydrogens is 310 g/mol. The average Bonchev–Trinajstić information content (AvgIpc) is 2.39. The number of aromatic nitrogens is 1. The molecule has 0 saturated carbocycles. The number of hydrogen-bond acceptors (Lipinski definition) is 3. The zero-order valence-corrected chi connectivity index (χ0v) is 12.3. The van der Waals surface area contributed by atoms with Crippen LogP contribution < -0.4 is 0 Å². The Morgan fingerprint density at radius 2 is 2.00 bits per heavy atom. The number of Topliss-reactive ketones (excluding diaryl/α,β-unsaturated/α-hetero) is 1. The van der Waals surface area contributed by atoms with E-state index in [2.05, 4.69) is 20.9 Å². The summed E-state index contributed by atoms with van der Waals surface area (Å²) in [5.74, 6) is 0.113. The van der Waals surface area contributed by atoms with Crippen LogP contribution in [-0.4, -0.2) is 17.0 Å². The Labute approximate surface area is 119 Å². The van der Waals surface area contributed by atoms with Crippen molar-refractivity contribution in [3.8, 4) is 0 Å². The Hall–Kier alpha value is -1.13. The van der Waals surface area contributed by atoms with E-state index in [0.717, 1.165) is 20.5 Å². The van der Waals surface area contributed by atoms with Crippen molar-refractivity contribution in [3.05, 3.63) is 58.3 Å². The number of pyridine rings is 1. The van der Waals surface area contributed by atoms with Crippen molar-refractivity contribution in [2.75, 3.05) is 6.26 Å². The Kier molecular flexibility index (Phi) is 4.55. The maximum atomic E-state index is 12.1. The van der Waals surface area contributed by atoms with Crippen molar-refractivity contribution in [3.63, 3.8) is 0 Å². The molecule has 2 aromatic rings. The SMILES string of the molecule is CSc1ccc(C(=O)Cc2cncc(Br)c2)cc1. The van der Waals surface area contributed by atoms with Crippen LogP contribution in [0.2, 0.25) is 0 Å². The molecule has 0 aliphatic heterocycles. The number of halogens is 1. The van der Waals surface area contributed by atoms with Gasteiger partial charge in [0.1, 0.15) is 0 Å². The minimum absolute atomic E-state index is 0.113. The van der Waals surface area contributed by atoms with Crippen LogP contribution >= 0.6 is 27.7 Å². The lowest BCUT2D eigenvalue weighted by Crippen LogP contribution is -2.03. The van der Waals surface area contributed by atoms with E-state index in [1.807, 2.05) is 36.6 Å². The van der Waals surface area contributed by atoms with Gasteiger partial charge in [0.15, 0.2) is 5.78 Å². The zero-order chi connectivity index (χ0) is 13.0. The Bertz CT molecular complexity index is 554. The predicted octanol–water partition coefficient (Wildman–Crippen LogP) is 3.99. The van der Waals surface area contributed by atoms with Crippen LogP contribution in [0.15, 0.2) is 52.1 Å². The van der Waals surface area contributed by atoms with Gasteiger partial charge in [0.25, 0.3) is 0 Å². The summed E-state index contributed by atoms with van der Waals surface area (Å²) >= 11 is 5.02. The summed E-state index contributed by atoms with van der Waals surface area (Å²) in [4.78, 5) is 17.3. The molecule has 0 radical (unpaired) electrons. The van der Waals surface area contributed by atoms with Gasteiger partial charge >= 0.3 is 0 Å². The van der Waals surface area contributed by atoms with Crippen LogP contribution in [-0.2, 0) is 6.42 Å². The molecular formula is C14H12BrNOS. The van der Waals surface area contributed by atoms with E-state index in [0.29, 0.717) is 6.42 Å². The molecule has 1 aromatic heterocycles. The van der Waals surface area contributed by atoms with Gasteiger partial charge in [-0.15, -0.1) is 11.8 Å². The monoisotopic (exact) mass is 321 g/mol. The molecule has 92 valence electrons. The van der Waals surface area contributed by atoms with Crippen LogP contribution in [0.4, 0.5) is 0 Å². The number of benzene rings is 1. The van der Waals surface area contributed by atoms with Gasteiger partial charge in [-0.05, 0) is 45.9 Å². The molecule has 0 unspecified atom stereocenters. The first-order chi connectivity index (χ1) is 8.69. The van der Waals surface area contributed by atoms with E-state index in [9.17, 15) is 4.79 Å². The van der Waals surface area contributed by atoms with Gasteiger partial charge < -0.3 is 0 Å². The quantitative estimate of drug-likeness (QED) is 0.630. The van der Waals surface area contributed by atoms with Crippen LogP contribution in [0, 0.1) is 0 Å². The van der Waals surface area contributed by atoms with E-state index >= 15 is 0 Å². The van der Waals surface area contributed by atoms with Crippen molar-refractivity contribution >= 4 is 33.5 Å². The van der Waals surface area contributed by atoms with Gasteiger partial charge in [-0.2, -0.15) is 0 Å². The summed E-state index contributed by atoms with van der Waals surface area (Å²) < 4.78 is 0.894. The molecule has 0 spiro atoms. The number of carbonyl (C=O) groups excluding carboxylic acids is 1. The van der Waals surface area contributed by atoms with E-state index < -0.39 is 0 Å².